The van der Waals surface area contributed by atoms with Gasteiger partial charge in [-0.05, 0) is 69.2 Å². The van der Waals surface area contributed by atoms with Crippen molar-refractivity contribution in [2.75, 3.05) is 0 Å². The first-order valence-electron chi connectivity index (χ1n) is 10.9. The van der Waals surface area contributed by atoms with Gasteiger partial charge in [0.05, 0.1) is 5.69 Å². The fraction of sp³-hybridized carbons (Fsp3) is 0.143. The molecule has 156 valence electrons. The molecule has 0 amide bonds. The quantitative estimate of drug-likeness (QED) is 0.320. The SMILES string of the molecule is CC1=C(C)c2cccc[n+]2C1=C(c1nc2ccccc2o1)c1c(C)c(C)c2ccccn12. The number of nitrogens with zero attached hydrogens (tertiary/aromatic N) is 3. The zero-order valence-corrected chi connectivity index (χ0v) is 18.7. The summed E-state index contributed by atoms with van der Waals surface area (Å²) in [6.45, 7) is 8.76. The summed E-state index contributed by atoms with van der Waals surface area (Å²) in [7, 11) is 0. The number of benzene rings is 1. The van der Waals surface area contributed by atoms with Gasteiger partial charge in [0.2, 0.25) is 17.3 Å². The number of aryl methyl sites for hydroxylation is 1. The molecule has 0 atom stereocenters. The van der Waals surface area contributed by atoms with E-state index in [9.17, 15) is 0 Å². The molecular formula is C28H24N3O+. The van der Waals surface area contributed by atoms with Crippen LogP contribution < -0.4 is 4.57 Å². The minimum atomic E-state index is 0.643. The molecular weight excluding hydrogens is 394 g/mol. The molecule has 0 radical (unpaired) electrons. The van der Waals surface area contributed by atoms with E-state index in [0.717, 1.165) is 28.1 Å². The number of fused-ring (bicyclic) bond motifs is 3. The largest absolute Gasteiger partial charge is 0.436 e. The van der Waals surface area contributed by atoms with E-state index in [4.69, 9.17) is 9.40 Å². The number of aromatic nitrogens is 3. The second kappa shape index (κ2) is 6.79. The van der Waals surface area contributed by atoms with Gasteiger partial charge >= 0.3 is 0 Å². The van der Waals surface area contributed by atoms with Gasteiger partial charge in [0, 0.05) is 35.0 Å². The molecule has 4 aromatic heterocycles. The number of hydrogen-bond donors (Lipinski definition) is 0. The lowest BCUT2D eigenvalue weighted by Gasteiger charge is -2.09. The number of allylic oxidation sites excluding steroid dienone is 3. The summed E-state index contributed by atoms with van der Waals surface area (Å²) < 4.78 is 10.9. The topological polar surface area (TPSA) is 34.3 Å². The Bertz CT molecular complexity index is 1580. The molecule has 0 saturated carbocycles. The molecule has 6 rings (SSSR count). The average Bonchev–Trinajstić information content (AvgIpc) is 3.44. The molecule has 4 heteroatoms. The lowest BCUT2D eigenvalue weighted by molar-refractivity contribution is -0.577. The maximum absolute atomic E-state index is 6.39. The van der Waals surface area contributed by atoms with Crippen LogP contribution in [0.1, 0.15) is 42.3 Å². The standard InChI is InChI=1S/C28H24N3O/c1-17-19(3)26(30-15-9-7-12-22(17)30)25(28-29-21-11-5-6-14-24(21)32-28)27-20(4)18(2)23-13-8-10-16-31(23)27/h5-16H,1-4H3/q+1. The summed E-state index contributed by atoms with van der Waals surface area (Å²) >= 11 is 0. The molecule has 0 bridgehead atoms. The summed E-state index contributed by atoms with van der Waals surface area (Å²) in [4.78, 5) is 4.95. The summed E-state index contributed by atoms with van der Waals surface area (Å²) in [5.41, 5.74) is 12.3. The van der Waals surface area contributed by atoms with Crippen molar-refractivity contribution in [1.29, 1.82) is 0 Å². The minimum Gasteiger partial charge on any atom is -0.436 e. The zero-order chi connectivity index (χ0) is 22.0. The Morgan fingerprint density at radius 2 is 1.62 bits per heavy atom. The van der Waals surface area contributed by atoms with Crippen LogP contribution in [0.25, 0.3) is 33.5 Å². The van der Waals surface area contributed by atoms with Crippen LogP contribution in [0.2, 0.25) is 0 Å². The van der Waals surface area contributed by atoms with Crippen molar-refractivity contribution in [2.45, 2.75) is 27.7 Å². The van der Waals surface area contributed by atoms with Gasteiger partial charge in [-0.15, -0.1) is 0 Å². The van der Waals surface area contributed by atoms with Crippen LogP contribution in [0.5, 0.6) is 0 Å². The van der Waals surface area contributed by atoms with Gasteiger partial charge in [0.25, 0.3) is 0 Å². The molecule has 0 unspecified atom stereocenters. The second-order valence-electron chi connectivity index (χ2n) is 8.47. The lowest BCUT2D eigenvalue weighted by atomic mass is 10.00. The highest BCUT2D eigenvalue weighted by molar-refractivity contribution is 5.99. The van der Waals surface area contributed by atoms with Crippen LogP contribution in [0, 0.1) is 13.8 Å². The maximum Gasteiger partial charge on any atom is 0.236 e. The van der Waals surface area contributed by atoms with Crippen LogP contribution in [0.4, 0.5) is 0 Å². The first kappa shape index (κ1) is 18.8. The van der Waals surface area contributed by atoms with Gasteiger partial charge in [-0.2, -0.15) is 4.57 Å². The number of rotatable bonds is 2. The highest BCUT2D eigenvalue weighted by atomic mass is 16.3. The van der Waals surface area contributed by atoms with E-state index >= 15 is 0 Å². The van der Waals surface area contributed by atoms with Crippen molar-refractivity contribution < 1.29 is 8.98 Å². The van der Waals surface area contributed by atoms with Crippen LogP contribution in [0.15, 0.2) is 83.0 Å². The first-order valence-corrected chi connectivity index (χ1v) is 10.9. The second-order valence-corrected chi connectivity index (χ2v) is 8.47. The van der Waals surface area contributed by atoms with Gasteiger partial charge in [0.1, 0.15) is 11.1 Å². The van der Waals surface area contributed by atoms with Crippen LogP contribution >= 0.6 is 0 Å². The fourth-order valence-electron chi connectivity index (χ4n) is 4.90. The summed E-state index contributed by atoms with van der Waals surface area (Å²) in [6.07, 6.45) is 4.26. The molecule has 1 aliphatic heterocycles. The fourth-order valence-corrected chi connectivity index (χ4v) is 4.90. The summed E-state index contributed by atoms with van der Waals surface area (Å²) in [5.74, 6) is 0.643. The number of para-hydroxylation sites is 2. The molecule has 0 N–H and O–H groups in total. The Morgan fingerprint density at radius 1 is 0.844 bits per heavy atom. The van der Waals surface area contributed by atoms with Gasteiger partial charge in [-0.25, -0.2) is 4.98 Å². The van der Waals surface area contributed by atoms with Crippen molar-refractivity contribution in [1.82, 2.24) is 9.38 Å². The van der Waals surface area contributed by atoms with Crippen molar-refractivity contribution in [3.05, 3.63) is 107 Å². The predicted octanol–water partition coefficient (Wildman–Crippen LogP) is 6.21. The Kier molecular flexibility index (Phi) is 3.99. The smallest absolute Gasteiger partial charge is 0.236 e. The first-order chi connectivity index (χ1) is 15.6. The molecule has 5 heterocycles. The molecule has 0 fully saturated rings. The van der Waals surface area contributed by atoms with Gasteiger partial charge in [-0.1, -0.05) is 18.2 Å². The minimum absolute atomic E-state index is 0.643. The van der Waals surface area contributed by atoms with E-state index < -0.39 is 0 Å². The molecule has 5 aromatic rings. The molecule has 4 nitrogen and oxygen atoms in total. The number of pyridine rings is 2. The van der Waals surface area contributed by atoms with Crippen LogP contribution in [-0.2, 0) is 0 Å². The molecule has 32 heavy (non-hydrogen) atoms. The van der Waals surface area contributed by atoms with E-state index in [1.54, 1.807) is 0 Å². The third-order valence-electron chi connectivity index (χ3n) is 6.79. The monoisotopic (exact) mass is 418 g/mol. The van der Waals surface area contributed by atoms with Crippen molar-refractivity contribution in [2.24, 2.45) is 0 Å². The third kappa shape index (κ3) is 2.50. The lowest BCUT2D eigenvalue weighted by Crippen LogP contribution is -2.33. The average molecular weight is 419 g/mol. The summed E-state index contributed by atoms with van der Waals surface area (Å²) in [5, 5.41) is 0. The molecule has 0 aliphatic carbocycles. The van der Waals surface area contributed by atoms with E-state index in [0.29, 0.717) is 5.89 Å². The van der Waals surface area contributed by atoms with Crippen LogP contribution in [0.3, 0.4) is 0 Å². The highest BCUT2D eigenvalue weighted by Gasteiger charge is 2.37. The Labute approximate surface area is 186 Å². The van der Waals surface area contributed by atoms with E-state index in [2.05, 4.69) is 85.5 Å². The highest BCUT2D eigenvalue weighted by Crippen LogP contribution is 2.40. The molecule has 0 spiro atoms. The number of oxazole rings is 1. The maximum atomic E-state index is 6.39. The van der Waals surface area contributed by atoms with Gasteiger partial charge in [0.15, 0.2) is 11.8 Å². The Hall–Kier alpha value is -3.92. The Balaban J connectivity index is 1.81. The third-order valence-corrected chi connectivity index (χ3v) is 6.79. The van der Waals surface area contributed by atoms with E-state index in [-0.39, 0.29) is 0 Å². The number of hydrogen-bond acceptors (Lipinski definition) is 2. The van der Waals surface area contributed by atoms with Crippen molar-refractivity contribution in [3.63, 3.8) is 0 Å². The van der Waals surface area contributed by atoms with Crippen LogP contribution in [-0.4, -0.2) is 9.38 Å². The normalized spacial score (nSPS) is 15.1. The van der Waals surface area contributed by atoms with Gasteiger partial charge < -0.3 is 8.82 Å². The Morgan fingerprint density at radius 3 is 2.47 bits per heavy atom. The van der Waals surface area contributed by atoms with Crippen molar-refractivity contribution >= 4 is 33.5 Å². The van der Waals surface area contributed by atoms with Gasteiger partial charge in [-0.3, -0.25) is 0 Å². The summed E-state index contributed by atoms with van der Waals surface area (Å²) in [6, 6.07) is 20.6. The molecule has 1 aliphatic rings. The molecule has 1 aromatic carbocycles. The zero-order valence-electron chi connectivity index (χ0n) is 18.7. The van der Waals surface area contributed by atoms with Crippen molar-refractivity contribution in [3.8, 4) is 0 Å². The van der Waals surface area contributed by atoms with E-state index in [1.807, 2.05) is 24.3 Å². The van der Waals surface area contributed by atoms with E-state index in [1.165, 1.54) is 33.5 Å². The molecule has 0 saturated heterocycles. The predicted molar refractivity (Wildman–Crippen MR) is 128 cm³/mol.